The highest BCUT2D eigenvalue weighted by Crippen LogP contribution is 2.21. The van der Waals surface area contributed by atoms with Gasteiger partial charge in [0.1, 0.15) is 0 Å². The van der Waals surface area contributed by atoms with E-state index >= 15 is 0 Å². The van der Waals surface area contributed by atoms with Gasteiger partial charge in [-0.05, 0) is 49.8 Å². The quantitative estimate of drug-likeness (QED) is 0.858. The summed E-state index contributed by atoms with van der Waals surface area (Å²) in [6.07, 6.45) is 0. The monoisotopic (exact) mass is 270 g/mol. The fourth-order valence-electron chi connectivity index (χ4n) is 2.46. The van der Waals surface area contributed by atoms with Gasteiger partial charge in [-0.1, -0.05) is 43.3 Å². The number of hydrogen-bond acceptors (Lipinski definition) is 2. The van der Waals surface area contributed by atoms with Gasteiger partial charge >= 0.3 is 0 Å². The number of rotatable bonds is 6. The largest absolute Gasteiger partial charge is 0.309 e. The molecule has 0 aromatic heterocycles. The van der Waals surface area contributed by atoms with Crippen LogP contribution in [0.1, 0.15) is 32.4 Å². The summed E-state index contributed by atoms with van der Waals surface area (Å²) in [6, 6.07) is 16.3. The van der Waals surface area contributed by atoms with Gasteiger partial charge in [0.25, 0.3) is 0 Å². The first-order valence-corrected chi connectivity index (χ1v) is 7.54. The summed E-state index contributed by atoms with van der Waals surface area (Å²) in [6.45, 7) is 8.67. The number of nitrogens with zero attached hydrogens (tertiary/aromatic N) is 1. The van der Waals surface area contributed by atoms with Crippen LogP contribution >= 0.6 is 0 Å². The van der Waals surface area contributed by atoms with E-state index in [0.717, 1.165) is 13.1 Å². The van der Waals surface area contributed by atoms with E-state index in [4.69, 9.17) is 0 Å². The highest BCUT2D eigenvalue weighted by atomic mass is 15.1. The zero-order valence-corrected chi connectivity index (χ0v) is 13.1. The number of nitrogens with one attached hydrogen (secondary N) is 1. The van der Waals surface area contributed by atoms with Gasteiger partial charge in [-0.15, -0.1) is 0 Å². The molecule has 2 heteroatoms. The molecule has 0 amide bonds. The number of benzene rings is 2. The van der Waals surface area contributed by atoms with Crippen molar-refractivity contribution in [3.63, 3.8) is 0 Å². The van der Waals surface area contributed by atoms with Crippen LogP contribution in [0.15, 0.2) is 42.5 Å². The summed E-state index contributed by atoms with van der Waals surface area (Å²) in [7, 11) is 2.19. The van der Waals surface area contributed by atoms with Crippen LogP contribution in [-0.2, 0) is 0 Å². The topological polar surface area (TPSA) is 15.3 Å². The molecule has 0 aliphatic heterocycles. The van der Waals surface area contributed by atoms with Crippen LogP contribution in [0.3, 0.4) is 0 Å². The zero-order chi connectivity index (χ0) is 14.5. The average Bonchev–Trinajstić information content (AvgIpc) is 2.46. The van der Waals surface area contributed by atoms with Crippen LogP contribution < -0.4 is 5.32 Å². The van der Waals surface area contributed by atoms with Crippen LogP contribution in [-0.4, -0.2) is 31.1 Å². The van der Waals surface area contributed by atoms with E-state index in [2.05, 4.69) is 80.5 Å². The van der Waals surface area contributed by atoms with Crippen molar-refractivity contribution in [3.8, 4) is 0 Å². The fraction of sp³-hybridized carbons (Fsp3) is 0.444. The van der Waals surface area contributed by atoms with Crippen LogP contribution in [0.4, 0.5) is 0 Å². The summed E-state index contributed by atoms with van der Waals surface area (Å²) in [5, 5.41) is 6.24. The molecule has 0 spiro atoms. The highest BCUT2D eigenvalue weighted by Gasteiger charge is 2.14. The molecular formula is C18H26N2. The lowest BCUT2D eigenvalue weighted by molar-refractivity contribution is 0.243. The van der Waals surface area contributed by atoms with Gasteiger partial charge in [0, 0.05) is 18.6 Å². The van der Waals surface area contributed by atoms with Crippen molar-refractivity contribution in [2.75, 3.05) is 20.1 Å². The second-order valence-electron chi connectivity index (χ2n) is 5.75. The molecule has 0 radical (unpaired) electrons. The Balaban J connectivity index is 2.26. The Morgan fingerprint density at radius 2 is 1.75 bits per heavy atom. The van der Waals surface area contributed by atoms with Gasteiger partial charge in [-0.25, -0.2) is 0 Å². The minimum Gasteiger partial charge on any atom is -0.309 e. The predicted molar refractivity (Wildman–Crippen MR) is 88.1 cm³/mol. The molecule has 0 bridgehead atoms. The lowest BCUT2D eigenvalue weighted by Crippen LogP contribution is -2.36. The summed E-state index contributed by atoms with van der Waals surface area (Å²) in [4.78, 5) is 2.39. The summed E-state index contributed by atoms with van der Waals surface area (Å²) < 4.78 is 0. The molecule has 1 unspecified atom stereocenters. The lowest BCUT2D eigenvalue weighted by Gasteiger charge is -2.28. The van der Waals surface area contributed by atoms with Gasteiger partial charge in [-0.3, -0.25) is 0 Å². The molecule has 108 valence electrons. The van der Waals surface area contributed by atoms with E-state index in [1.807, 2.05) is 0 Å². The standard InChI is InChI=1S/C18H26N2/c1-5-19-18(13-20(4)14(2)3)17-11-10-15-8-6-7-9-16(15)12-17/h6-12,14,18-19H,5,13H2,1-4H3. The Labute approximate surface area is 122 Å². The minimum atomic E-state index is 0.386. The molecule has 0 saturated carbocycles. The smallest absolute Gasteiger partial charge is 0.0449 e. The summed E-state index contributed by atoms with van der Waals surface area (Å²) in [5.74, 6) is 0. The molecule has 0 saturated heterocycles. The Bertz CT molecular complexity index is 548. The molecule has 0 heterocycles. The third-order valence-corrected chi connectivity index (χ3v) is 3.98. The van der Waals surface area contributed by atoms with Crippen molar-refractivity contribution >= 4 is 10.8 Å². The van der Waals surface area contributed by atoms with Crippen LogP contribution in [0.5, 0.6) is 0 Å². The van der Waals surface area contributed by atoms with Gasteiger partial charge < -0.3 is 10.2 Å². The lowest BCUT2D eigenvalue weighted by atomic mass is 10.0. The number of hydrogen-bond donors (Lipinski definition) is 1. The molecule has 2 nitrogen and oxygen atoms in total. The molecule has 20 heavy (non-hydrogen) atoms. The maximum atomic E-state index is 3.61. The highest BCUT2D eigenvalue weighted by molar-refractivity contribution is 5.83. The van der Waals surface area contributed by atoms with E-state index in [0.29, 0.717) is 12.1 Å². The van der Waals surface area contributed by atoms with E-state index < -0.39 is 0 Å². The van der Waals surface area contributed by atoms with Crippen LogP contribution in [0.25, 0.3) is 10.8 Å². The van der Waals surface area contributed by atoms with Crippen molar-refractivity contribution < 1.29 is 0 Å². The van der Waals surface area contributed by atoms with Crippen molar-refractivity contribution in [2.24, 2.45) is 0 Å². The first-order chi connectivity index (χ1) is 9.61. The minimum absolute atomic E-state index is 0.386. The first-order valence-electron chi connectivity index (χ1n) is 7.54. The molecule has 1 atom stereocenters. The van der Waals surface area contributed by atoms with Crippen molar-refractivity contribution in [3.05, 3.63) is 48.0 Å². The zero-order valence-electron chi connectivity index (χ0n) is 13.1. The number of fused-ring (bicyclic) bond motifs is 1. The third kappa shape index (κ3) is 3.59. The Hall–Kier alpha value is -1.38. The Morgan fingerprint density at radius 3 is 2.40 bits per heavy atom. The molecule has 0 aliphatic carbocycles. The summed E-state index contributed by atoms with van der Waals surface area (Å²) in [5.41, 5.74) is 1.37. The molecule has 0 fully saturated rings. The molecule has 0 aliphatic rings. The van der Waals surface area contributed by atoms with Gasteiger partial charge in [0.15, 0.2) is 0 Å². The summed E-state index contributed by atoms with van der Waals surface area (Å²) >= 11 is 0. The molecule has 1 N–H and O–H groups in total. The van der Waals surface area contributed by atoms with E-state index in [-0.39, 0.29) is 0 Å². The van der Waals surface area contributed by atoms with Crippen LogP contribution in [0.2, 0.25) is 0 Å². The molecule has 2 aromatic carbocycles. The second kappa shape index (κ2) is 6.87. The average molecular weight is 270 g/mol. The van der Waals surface area contributed by atoms with E-state index in [1.165, 1.54) is 16.3 Å². The molecular weight excluding hydrogens is 244 g/mol. The Kier molecular flexibility index (Phi) is 5.16. The fourth-order valence-corrected chi connectivity index (χ4v) is 2.46. The SMILES string of the molecule is CCNC(CN(C)C(C)C)c1ccc2ccccc2c1. The maximum Gasteiger partial charge on any atom is 0.0449 e. The van der Waals surface area contributed by atoms with Gasteiger partial charge in [0.2, 0.25) is 0 Å². The molecule has 2 rings (SSSR count). The predicted octanol–water partition coefficient (Wildman–Crippen LogP) is 3.83. The van der Waals surface area contributed by atoms with E-state index in [9.17, 15) is 0 Å². The first kappa shape index (κ1) is 15.0. The van der Waals surface area contributed by atoms with Crippen molar-refractivity contribution in [1.82, 2.24) is 10.2 Å². The normalized spacial score (nSPS) is 13.3. The van der Waals surface area contributed by atoms with Crippen molar-refractivity contribution in [1.29, 1.82) is 0 Å². The van der Waals surface area contributed by atoms with Gasteiger partial charge in [0.05, 0.1) is 0 Å². The van der Waals surface area contributed by atoms with E-state index in [1.54, 1.807) is 0 Å². The number of likely N-dealkylation sites (N-methyl/N-ethyl adjacent to an activating group) is 2. The van der Waals surface area contributed by atoms with Gasteiger partial charge in [-0.2, -0.15) is 0 Å². The second-order valence-corrected chi connectivity index (χ2v) is 5.75. The van der Waals surface area contributed by atoms with Crippen molar-refractivity contribution in [2.45, 2.75) is 32.9 Å². The maximum absolute atomic E-state index is 3.61. The van der Waals surface area contributed by atoms with Crippen LogP contribution in [0, 0.1) is 0 Å². The third-order valence-electron chi connectivity index (χ3n) is 3.98. The Morgan fingerprint density at radius 1 is 1.05 bits per heavy atom. The molecule has 2 aromatic rings.